The highest BCUT2D eigenvalue weighted by Crippen LogP contribution is 2.43. The molecule has 0 saturated carbocycles. The molecule has 1 heterocycles. The molecule has 0 fully saturated rings. The van der Waals surface area contributed by atoms with Crippen molar-refractivity contribution in [2.45, 2.75) is 66.3 Å². The van der Waals surface area contributed by atoms with Gasteiger partial charge in [0.1, 0.15) is 0 Å². The zero-order valence-corrected chi connectivity index (χ0v) is 20.0. The lowest BCUT2D eigenvalue weighted by Gasteiger charge is -2.47. The van der Waals surface area contributed by atoms with Gasteiger partial charge in [0.2, 0.25) is 0 Å². The fourth-order valence-electron chi connectivity index (χ4n) is 4.64. The van der Waals surface area contributed by atoms with Crippen molar-refractivity contribution in [3.63, 3.8) is 0 Å². The van der Waals surface area contributed by atoms with Crippen molar-refractivity contribution in [3.8, 4) is 0 Å². The predicted octanol–water partition coefficient (Wildman–Crippen LogP) is 5.29. The lowest BCUT2D eigenvalue weighted by atomic mass is 9.79. The van der Waals surface area contributed by atoms with Crippen molar-refractivity contribution < 1.29 is 4.79 Å². The third-order valence-corrected chi connectivity index (χ3v) is 6.44. The van der Waals surface area contributed by atoms with Crippen LogP contribution in [0.25, 0.3) is 0 Å². The van der Waals surface area contributed by atoms with Crippen LogP contribution in [-0.2, 0) is 4.79 Å². The smallest absolute Gasteiger partial charge is 0.259 e. The van der Waals surface area contributed by atoms with Gasteiger partial charge in [-0.3, -0.25) is 4.79 Å². The molecule has 0 saturated heterocycles. The van der Waals surface area contributed by atoms with Crippen LogP contribution in [0.2, 0.25) is 0 Å². The van der Waals surface area contributed by atoms with E-state index in [1.165, 1.54) is 22.4 Å². The van der Waals surface area contributed by atoms with Gasteiger partial charge < -0.3 is 10.2 Å². The summed E-state index contributed by atoms with van der Waals surface area (Å²) in [7, 11) is 0. The molecular weight excluding hydrogens is 384 g/mol. The summed E-state index contributed by atoms with van der Waals surface area (Å²) < 4.78 is 0. The number of amides is 1. The van der Waals surface area contributed by atoms with Gasteiger partial charge >= 0.3 is 0 Å². The molecule has 5 nitrogen and oxygen atoms in total. The number of hydrazone groups is 1. The van der Waals surface area contributed by atoms with Gasteiger partial charge in [0, 0.05) is 23.5 Å². The molecule has 3 rings (SSSR count). The molecule has 1 aliphatic rings. The molecule has 0 bridgehead atoms. The Hall–Kier alpha value is -2.82. The Morgan fingerprint density at radius 1 is 1.16 bits per heavy atom. The number of carbonyl (C=O) groups is 1. The van der Waals surface area contributed by atoms with Crippen LogP contribution in [0.15, 0.2) is 35.4 Å². The largest absolute Gasteiger partial charge is 0.376 e. The van der Waals surface area contributed by atoms with Gasteiger partial charge in [-0.25, -0.2) is 5.43 Å². The van der Waals surface area contributed by atoms with Crippen LogP contribution in [-0.4, -0.2) is 30.8 Å². The van der Waals surface area contributed by atoms with Crippen LogP contribution in [0.5, 0.6) is 0 Å². The molecular formula is C26H36N4O. The standard InChI is InChI=1S/C26H36N4O/c1-8-30-24-12-19(4)21(13-23(24)20(5)14-26(30,6)7)15-28-29-25(31)16-27-22-10-9-17(2)18(3)11-22/h9-13,15,20,27H,8,14,16H2,1-7H3,(H,29,31)/b28-15-. The van der Waals surface area contributed by atoms with Crippen LogP contribution < -0.4 is 15.6 Å². The molecule has 1 atom stereocenters. The average molecular weight is 421 g/mol. The van der Waals surface area contributed by atoms with Gasteiger partial charge in [-0.2, -0.15) is 5.10 Å². The van der Waals surface area contributed by atoms with Gasteiger partial charge in [0.15, 0.2) is 0 Å². The lowest BCUT2D eigenvalue weighted by molar-refractivity contribution is -0.119. The van der Waals surface area contributed by atoms with Crippen LogP contribution in [0.4, 0.5) is 11.4 Å². The number of anilines is 2. The van der Waals surface area contributed by atoms with Crippen molar-refractivity contribution in [1.82, 2.24) is 5.43 Å². The van der Waals surface area contributed by atoms with E-state index in [0.29, 0.717) is 5.92 Å². The summed E-state index contributed by atoms with van der Waals surface area (Å²) in [6.07, 6.45) is 2.88. The first-order valence-electron chi connectivity index (χ1n) is 11.2. The summed E-state index contributed by atoms with van der Waals surface area (Å²) in [6.45, 7) is 16.6. The summed E-state index contributed by atoms with van der Waals surface area (Å²) >= 11 is 0. The van der Waals surface area contributed by atoms with E-state index in [0.717, 1.165) is 29.8 Å². The molecule has 0 aromatic heterocycles. The number of rotatable bonds is 6. The second kappa shape index (κ2) is 9.13. The van der Waals surface area contributed by atoms with Crippen LogP contribution >= 0.6 is 0 Å². The van der Waals surface area contributed by atoms with E-state index in [1.54, 1.807) is 6.21 Å². The maximum absolute atomic E-state index is 12.2. The van der Waals surface area contributed by atoms with E-state index in [1.807, 2.05) is 18.2 Å². The maximum atomic E-state index is 12.2. The van der Waals surface area contributed by atoms with E-state index in [9.17, 15) is 4.79 Å². The normalized spacial score (nSPS) is 17.5. The van der Waals surface area contributed by atoms with Gasteiger partial charge in [-0.15, -0.1) is 0 Å². The molecule has 1 aliphatic heterocycles. The molecule has 5 heteroatoms. The first-order chi connectivity index (χ1) is 14.6. The molecule has 166 valence electrons. The number of carbonyl (C=O) groups excluding carboxylic acids is 1. The number of nitrogens with one attached hydrogen (secondary N) is 2. The van der Waals surface area contributed by atoms with Crippen LogP contribution in [0.3, 0.4) is 0 Å². The topological polar surface area (TPSA) is 56.7 Å². The van der Waals surface area contributed by atoms with E-state index in [-0.39, 0.29) is 18.0 Å². The van der Waals surface area contributed by atoms with Crippen molar-refractivity contribution >= 4 is 23.5 Å². The summed E-state index contributed by atoms with van der Waals surface area (Å²) in [5.74, 6) is 0.315. The molecule has 0 aliphatic carbocycles. The van der Waals surface area contributed by atoms with Gasteiger partial charge in [-0.1, -0.05) is 13.0 Å². The highest BCUT2D eigenvalue weighted by atomic mass is 16.2. The Morgan fingerprint density at radius 3 is 2.58 bits per heavy atom. The average Bonchev–Trinajstić information content (AvgIpc) is 2.69. The fourth-order valence-corrected chi connectivity index (χ4v) is 4.64. The van der Waals surface area contributed by atoms with Crippen molar-refractivity contribution in [2.75, 3.05) is 23.3 Å². The molecule has 1 amide bonds. The molecule has 31 heavy (non-hydrogen) atoms. The third-order valence-electron chi connectivity index (χ3n) is 6.44. The lowest BCUT2D eigenvalue weighted by Crippen LogP contribution is -2.48. The highest BCUT2D eigenvalue weighted by molar-refractivity contribution is 5.86. The number of nitrogens with zero attached hydrogens (tertiary/aromatic N) is 2. The molecule has 2 aromatic rings. The summed E-state index contributed by atoms with van der Waals surface area (Å²) in [6, 6.07) is 10.6. The van der Waals surface area contributed by atoms with Crippen molar-refractivity contribution in [3.05, 3.63) is 58.1 Å². The SMILES string of the molecule is CCN1c2cc(C)c(/C=N\NC(=O)CNc3ccc(C)c(C)c3)cc2C(C)CC1(C)C. The van der Waals surface area contributed by atoms with E-state index in [4.69, 9.17) is 0 Å². The molecule has 2 aromatic carbocycles. The minimum Gasteiger partial charge on any atom is -0.376 e. The number of hydrogen-bond donors (Lipinski definition) is 2. The van der Waals surface area contributed by atoms with E-state index in [2.05, 4.69) is 81.3 Å². The second-order valence-electron chi connectivity index (χ2n) is 9.38. The minimum atomic E-state index is -0.169. The third kappa shape index (κ3) is 5.09. The van der Waals surface area contributed by atoms with Gasteiger partial charge in [0.05, 0.1) is 12.8 Å². The Kier molecular flexibility index (Phi) is 6.73. The van der Waals surface area contributed by atoms with Gasteiger partial charge in [-0.05, 0) is 106 Å². The summed E-state index contributed by atoms with van der Waals surface area (Å²) in [4.78, 5) is 14.7. The molecule has 2 N–H and O–H groups in total. The summed E-state index contributed by atoms with van der Waals surface area (Å²) in [5.41, 5.74) is 11.0. The predicted molar refractivity (Wildman–Crippen MR) is 131 cm³/mol. The molecule has 1 unspecified atom stereocenters. The zero-order chi connectivity index (χ0) is 22.8. The maximum Gasteiger partial charge on any atom is 0.259 e. The van der Waals surface area contributed by atoms with E-state index < -0.39 is 0 Å². The second-order valence-corrected chi connectivity index (χ2v) is 9.38. The Morgan fingerprint density at radius 2 is 1.90 bits per heavy atom. The van der Waals surface area contributed by atoms with Crippen LogP contribution in [0, 0.1) is 20.8 Å². The first-order valence-corrected chi connectivity index (χ1v) is 11.2. The monoisotopic (exact) mass is 420 g/mol. The fraction of sp³-hybridized carbons (Fsp3) is 0.462. The summed E-state index contributed by atoms with van der Waals surface area (Å²) in [5, 5.41) is 7.36. The minimum absolute atomic E-state index is 0.153. The molecule has 0 spiro atoms. The van der Waals surface area contributed by atoms with Crippen molar-refractivity contribution in [1.29, 1.82) is 0 Å². The van der Waals surface area contributed by atoms with E-state index >= 15 is 0 Å². The Labute approximate surface area is 186 Å². The van der Waals surface area contributed by atoms with Gasteiger partial charge in [0.25, 0.3) is 5.91 Å². The first kappa shape index (κ1) is 22.9. The van der Waals surface area contributed by atoms with Crippen molar-refractivity contribution in [2.24, 2.45) is 5.10 Å². The Balaban J connectivity index is 1.66. The number of hydrogen-bond acceptors (Lipinski definition) is 4. The highest BCUT2D eigenvalue weighted by Gasteiger charge is 2.35. The quantitative estimate of drug-likeness (QED) is 0.493. The number of aryl methyl sites for hydroxylation is 3. The zero-order valence-electron chi connectivity index (χ0n) is 20.0. The Bertz CT molecular complexity index is 993. The van der Waals surface area contributed by atoms with Crippen LogP contribution in [0.1, 0.15) is 67.9 Å². The molecule has 0 radical (unpaired) electrons. The number of benzene rings is 2. The number of fused-ring (bicyclic) bond motifs is 1.